The maximum Gasteiger partial charge on any atom is 0.308 e. The number of hydrogen-bond donors (Lipinski definition) is 3. The summed E-state index contributed by atoms with van der Waals surface area (Å²) >= 11 is 0. The van der Waals surface area contributed by atoms with Crippen LogP contribution >= 0.6 is 0 Å². The molecule has 1 aromatic rings. The van der Waals surface area contributed by atoms with Crippen LogP contribution in [0.3, 0.4) is 0 Å². The molecule has 6 nitrogen and oxygen atoms in total. The molecule has 1 atom stereocenters. The first-order valence-corrected chi connectivity index (χ1v) is 5.33. The normalized spacial score (nSPS) is 11.9. The molecular weight excluding hydrogens is 238 g/mol. The highest BCUT2D eigenvalue weighted by Gasteiger charge is 2.20. The number of carboxylic acid groups (broad SMARTS) is 1. The van der Waals surface area contributed by atoms with Crippen LogP contribution in [0.2, 0.25) is 0 Å². The fourth-order valence-corrected chi connectivity index (χ4v) is 1.48. The SMILES string of the molecule is CC(CN(C)C(=O)c1ccc(O)cc1O)C(=O)O. The predicted molar refractivity (Wildman–Crippen MR) is 63.5 cm³/mol. The summed E-state index contributed by atoms with van der Waals surface area (Å²) in [6.45, 7) is 1.53. The third kappa shape index (κ3) is 3.13. The molecule has 0 spiro atoms. The van der Waals surface area contributed by atoms with Gasteiger partial charge in [-0.3, -0.25) is 9.59 Å². The van der Waals surface area contributed by atoms with E-state index in [1.165, 1.54) is 31.0 Å². The number of carbonyl (C=O) groups excluding carboxylic acids is 1. The molecule has 0 bridgehead atoms. The number of aliphatic carboxylic acids is 1. The zero-order valence-corrected chi connectivity index (χ0v) is 10.1. The van der Waals surface area contributed by atoms with Gasteiger partial charge in [-0.15, -0.1) is 0 Å². The Hall–Kier alpha value is -2.24. The highest BCUT2D eigenvalue weighted by molar-refractivity contribution is 5.97. The maximum atomic E-state index is 11.9. The van der Waals surface area contributed by atoms with E-state index in [4.69, 9.17) is 10.2 Å². The molecule has 0 aliphatic heterocycles. The first kappa shape index (κ1) is 13.8. The second-order valence-electron chi connectivity index (χ2n) is 4.13. The van der Waals surface area contributed by atoms with Gasteiger partial charge < -0.3 is 20.2 Å². The first-order chi connectivity index (χ1) is 8.32. The molecule has 0 aliphatic carbocycles. The standard InChI is InChI=1S/C12H15NO5/c1-7(12(17)18)6-13(2)11(16)9-4-3-8(14)5-10(9)15/h3-5,7,14-15H,6H2,1-2H3,(H,17,18). The van der Waals surface area contributed by atoms with Crippen LogP contribution in [0.1, 0.15) is 17.3 Å². The quantitative estimate of drug-likeness (QED) is 0.740. The summed E-state index contributed by atoms with van der Waals surface area (Å²) in [4.78, 5) is 23.8. The van der Waals surface area contributed by atoms with Gasteiger partial charge in [0, 0.05) is 19.7 Å². The van der Waals surface area contributed by atoms with Crippen molar-refractivity contribution in [3.63, 3.8) is 0 Å². The molecule has 18 heavy (non-hydrogen) atoms. The number of hydrogen-bond acceptors (Lipinski definition) is 4. The molecule has 0 aliphatic rings. The van der Waals surface area contributed by atoms with Crippen molar-refractivity contribution in [2.45, 2.75) is 6.92 Å². The van der Waals surface area contributed by atoms with Crippen molar-refractivity contribution < 1.29 is 24.9 Å². The van der Waals surface area contributed by atoms with Crippen LogP contribution in [-0.4, -0.2) is 45.7 Å². The van der Waals surface area contributed by atoms with Gasteiger partial charge in [-0.25, -0.2) is 0 Å². The lowest BCUT2D eigenvalue weighted by molar-refractivity contribution is -0.141. The maximum absolute atomic E-state index is 11.9. The number of phenolic OH excluding ortho intramolecular Hbond substituents is 2. The topological polar surface area (TPSA) is 98.1 Å². The minimum Gasteiger partial charge on any atom is -0.508 e. The van der Waals surface area contributed by atoms with Gasteiger partial charge in [-0.1, -0.05) is 6.92 Å². The van der Waals surface area contributed by atoms with Crippen LogP contribution in [0.15, 0.2) is 18.2 Å². The summed E-state index contributed by atoms with van der Waals surface area (Å²) in [6, 6.07) is 3.62. The van der Waals surface area contributed by atoms with Crippen molar-refractivity contribution in [1.29, 1.82) is 0 Å². The Labute approximate surface area is 104 Å². The van der Waals surface area contributed by atoms with Crippen molar-refractivity contribution in [2.24, 2.45) is 5.92 Å². The summed E-state index contributed by atoms with van der Waals surface area (Å²) in [5.74, 6) is -2.68. The van der Waals surface area contributed by atoms with E-state index < -0.39 is 17.8 Å². The Bertz CT molecular complexity index is 472. The summed E-state index contributed by atoms with van der Waals surface area (Å²) in [5, 5.41) is 27.4. The average Bonchev–Trinajstić information content (AvgIpc) is 2.27. The number of nitrogens with zero attached hydrogens (tertiary/aromatic N) is 1. The van der Waals surface area contributed by atoms with Gasteiger partial charge in [0.05, 0.1) is 11.5 Å². The summed E-state index contributed by atoms with van der Waals surface area (Å²) in [6.07, 6.45) is 0. The van der Waals surface area contributed by atoms with Gasteiger partial charge in [0.25, 0.3) is 5.91 Å². The van der Waals surface area contributed by atoms with E-state index in [0.717, 1.165) is 6.07 Å². The fraction of sp³-hybridized carbons (Fsp3) is 0.333. The lowest BCUT2D eigenvalue weighted by atomic mass is 10.1. The van der Waals surface area contributed by atoms with Gasteiger partial charge in [-0.2, -0.15) is 0 Å². The monoisotopic (exact) mass is 253 g/mol. The Kier molecular flexibility index (Phi) is 4.14. The number of amides is 1. The molecule has 1 amide bonds. The third-order valence-corrected chi connectivity index (χ3v) is 2.53. The number of rotatable bonds is 4. The Morgan fingerprint density at radius 1 is 1.33 bits per heavy atom. The zero-order valence-electron chi connectivity index (χ0n) is 10.1. The van der Waals surface area contributed by atoms with Crippen LogP contribution in [0.5, 0.6) is 11.5 Å². The molecule has 1 aromatic carbocycles. The van der Waals surface area contributed by atoms with E-state index in [9.17, 15) is 14.7 Å². The van der Waals surface area contributed by atoms with Crippen molar-refractivity contribution in [1.82, 2.24) is 4.90 Å². The van der Waals surface area contributed by atoms with Crippen molar-refractivity contribution in [3.05, 3.63) is 23.8 Å². The second kappa shape index (κ2) is 5.39. The Morgan fingerprint density at radius 3 is 2.44 bits per heavy atom. The molecule has 1 unspecified atom stereocenters. The van der Waals surface area contributed by atoms with E-state index in [0.29, 0.717) is 0 Å². The summed E-state index contributed by atoms with van der Waals surface area (Å²) in [5.41, 5.74) is 0.0212. The molecular formula is C12H15NO5. The molecule has 0 saturated carbocycles. The van der Waals surface area contributed by atoms with Crippen LogP contribution in [0.4, 0.5) is 0 Å². The van der Waals surface area contributed by atoms with E-state index in [1.54, 1.807) is 0 Å². The average molecular weight is 253 g/mol. The van der Waals surface area contributed by atoms with E-state index in [2.05, 4.69) is 0 Å². The predicted octanol–water partition coefficient (Wildman–Crippen LogP) is 0.890. The number of carboxylic acids is 1. The highest BCUT2D eigenvalue weighted by atomic mass is 16.4. The molecule has 1 rings (SSSR count). The van der Waals surface area contributed by atoms with Crippen LogP contribution in [0.25, 0.3) is 0 Å². The van der Waals surface area contributed by atoms with Gasteiger partial charge in [-0.05, 0) is 12.1 Å². The van der Waals surface area contributed by atoms with Crippen molar-refractivity contribution in [2.75, 3.05) is 13.6 Å². The minimum absolute atomic E-state index is 0.0212. The smallest absolute Gasteiger partial charge is 0.308 e. The Balaban J connectivity index is 2.83. The van der Waals surface area contributed by atoms with Gasteiger partial charge in [0.15, 0.2) is 0 Å². The van der Waals surface area contributed by atoms with Crippen LogP contribution < -0.4 is 0 Å². The number of benzene rings is 1. The molecule has 6 heteroatoms. The van der Waals surface area contributed by atoms with Crippen LogP contribution in [-0.2, 0) is 4.79 Å². The van der Waals surface area contributed by atoms with E-state index >= 15 is 0 Å². The molecule has 0 heterocycles. The molecule has 3 N–H and O–H groups in total. The highest BCUT2D eigenvalue weighted by Crippen LogP contribution is 2.23. The summed E-state index contributed by atoms with van der Waals surface area (Å²) < 4.78 is 0. The van der Waals surface area contributed by atoms with Gasteiger partial charge >= 0.3 is 5.97 Å². The minimum atomic E-state index is -0.996. The van der Waals surface area contributed by atoms with Crippen molar-refractivity contribution >= 4 is 11.9 Å². The molecule has 0 fully saturated rings. The number of phenols is 2. The molecule has 98 valence electrons. The molecule has 0 saturated heterocycles. The lowest BCUT2D eigenvalue weighted by Crippen LogP contribution is -2.33. The van der Waals surface area contributed by atoms with E-state index in [1.807, 2.05) is 0 Å². The first-order valence-electron chi connectivity index (χ1n) is 5.33. The largest absolute Gasteiger partial charge is 0.508 e. The molecule has 0 radical (unpaired) electrons. The van der Waals surface area contributed by atoms with Gasteiger partial charge in [0.2, 0.25) is 0 Å². The summed E-state index contributed by atoms with van der Waals surface area (Å²) in [7, 11) is 1.45. The lowest BCUT2D eigenvalue weighted by Gasteiger charge is -2.19. The number of aromatic hydroxyl groups is 2. The van der Waals surface area contributed by atoms with Gasteiger partial charge in [0.1, 0.15) is 11.5 Å². The van der Waals surface area contributed by atoms with E-state index in [-0.39, 0.29) is 23.6 Å². The Morgan fingerprint density at radius 2 is 1.94 bits per heavy atom. The second-order valence-corrected chi connectivity index (χ2v) is 4.13. The van der Waals surface area contributed by atoms with Crippen LogP contribution in [0, 0.1) is 5.92 Å². The fourth-order valence-electron chi connectivity index (χ4n) is 1.48. The molecule has 0 aromatic heterocycles. The third-order valence-electron chi connectivity index (χ3n) is 2.53. The zero-order chi connectivity index (χ0) is 13.9. The van der Waals surface area contributed by atoms with Crippen molar-refractivity contribution in [3.8, 4) is 11.5 Å². The number of carbonyl (C=O) groups is 2.